The maximum atomic E-state index is 13.4. The third-order valence-corrected chi connectivity index (χ3v) is 6.82. The molecule has 3 rings (SSSR count). The molecule has 0 N–H and O–H groups in total. The van der Waals surface area contributed by atoms with Gasteiger partial charge in [0.2, 0.25) is 5.91 Å². The average molecular weight is 505 g/mol. The van der Waals surface area contributed by atoms with E-state index in [1.807, 2.05) is 18.4 Å². The number of nitrogens with zero attached hydrogens (tertiary/aromatic N) is 2. The van der Waals surface area contributed by atoms with Gasteiger partial charge >= 0.3 is 0 Å². The normalized spacial score (nSPS) is 10.7. The summed E-state index contributed by atoms with van der Waals surface area (Å²) in [4.78, 5) is 30.6. The zero-order chi connectivity index (χ0) is 24.0. The summed E-state index contributed by atoms with van der Waals surface area (Å²) < 4.78 is 13.4. The Bertz CT molecular complexity index is 1150. The third-order valence-electron chi connectivity index (χ3n) is 5.07. The van der Waals surface area contributed by atoms with Crippen LogP contribution in [0.15, 0.2) is 66.6 Å². The number of thiophene rings is 1. The van der Waals surface area contributed by atoms with Crippen LogP contribution in [0.2, 0.25) is 10.0 Å². The van der Waals surface area contributed by atoms with Crippen molar-refractivity contribution in [1.82, 2.24) is 9.80 Å². The lowest BCUT2D eigenvalue weighted by Gasteiger charge is -2.27. The van der Waals surface area contributed by atoms with Gasteiger partial charge in [0.1, 0.15) is 12.4 Å². The molecule has 1 aromatic heterocycles. The molecule has 0 fully saturated rings. The molecule has 0 aliphatic heterocycles. The summed E-state index contributed by atoms with van der Waals surface area (Å²) in [6.45, 7) is 6.43. The van der Waals surface area contributed by atoms with Crippen molar-refractivity contribution in [2.24, 2.45) is 0 Å². The molecule has 0 unspecified atom stereocenters. The fraction of sp³-hybridized carbons (Fsp3) is 0.200. The van der Waals surface area contributed by atoms with Gasteiger partial charge in [0.15, 0.2) is 0 Å². The third kappa shape index (κ3) is 6.67. The van der Waals surface area contributed by atoms with E-state index in [1.54, 1.807) is 46.6 Å². The Kier molecular flexibility index (Phi) is 8.67. The summed E-state index contributed by atoms with van der Waals surface area (Å²) in [5, 5.41) is 2.58. The molecular weight excluding hydrogens is 482 g/mol. The maximum Gasteiger partial charge on any atom is 0.254 e. The second-order valence-electron chi connectivity index (χ2n) is 7.51. The molecule has 0 aliphatic carbocycles. The number of hydrogen-bond acceptors (Lipinski definition) is 3. The summed E-state index contributed by atoms with van der Waals surface area (Å²) in [6, 6.07) is 12.6. The van der Waals surface area contributed by atoms with E-state index in [1.165, 1.54) is 23.1 Å². The first-order valence-corrected chi connectivity index (χ1v) is 11.8. The fourth-order valence-corrected chi connectivity index (χ4v) is 4.45. The molecule has 0 atom stereocenters. The molecule has 0 saturated carbocycles. The summed E-state index contributed by atoms with van der Waals surface area (Å²) >= 11 is 13.6. The van der Waals surface area contributed by atoms with E-state index in [-0.39, 0.29) is 35.7 Å². The van der Waals surface area contributed by atoms with Gasteiger partial charge in [-0.25, -0.2) is 4.39 Å². The first-order valence-electron chi connectivity index (χ1n) is 10.2. The molecule has 0 aliphatic rings. The summed E-state index contributed by atoms with van der Waals surface area (Å²) in [5.41, 5.74) is 2.22. The second kappa shape index (κ2) is 11.5. The van der Waals surface area contributed by atoms with Crippen molar-refractivity contribution in [2.45, 2.75) is 20.0 Å². The minimum absolute atomic E-state index is 0.142. The molecule has 4 nitrogen and oxygen atoms in total. The largest absolute Gasteiger partial charge is 0.332 e. The van der Waals surface area contributed by atoms with Gasteiger partial charge in [0.05, 0.1) is 16.6 Å². The van der Waals surface area contributed by atoms with Crippen molar-refractivity contribution in [3.05, 3.63) is 104 Å². The van der Waals surface area contributed by atoms with Crippen LogP contribution in [-0.4, -0.2) is 34.7 Å². The minimum atomic E-state index is -0.351. The van der Waals surface area contributed by atoms with E-state index in [9.17, 15) is 14.0 Å². The zero-order valence-electron chi connectivity index (χ0n) is 18.1. The van der Waals surface area contributed by atoms with Gasteiger partial charge in [-0.05, 0) is 59.8 Å². The van der Waals surface area contributed by atoms with E-state index in [2.05, 4.69) is 6.58 Å². The molecule has 0 bridgehead atoms. The topological polar surface area (TPSA) is 40.6 Å². The van der Waals surface area contributed by atoms with Gasteiger partial charge < -0.3 is 9.80 Å². The molecule has 0 spiro atoms. The Labute approximate surface area is 206 Å². The summed E-state index contributed by atoms with van der Waals surface area (Å²) in [5.74, 6) is -0.923. The Morgan fingerprint density at radius 2 is 1.76 bits per heavy atom. The van der Waals surface area contributed by atoms with Gasteiger partial charge in [0.25, 0.3) is 5.91 Å². The van der Waals surface area contributed by atoms with Gasteiger partial charge in [0, 0.05) is 23.5 Å². The molecule has 8 heteroatoms. The van der Waals surface area contributed by atoms with E-state index >= 15 is 0 Å². The molecule has 0 saturated heterocycles. The zero-order valence-corrected chi connectivity index (χ0v) is 20.4. The number of carbonyl (C=O) groups is 2. The van der Waals surface area contributed by atoms with Crippen LogP contribution < -0.4 is 0 Å². The van der Waals surface area contributed by atoms with Crippen molar-refractivity contribution in [1.29, 1.82) is 0 Å². The number of carbonyl (C=O) groups excluding carboxylic acids is 2. The monoisotopic (exact) mass is 504 g/mol. The average Bonchev–Trinajstić information content (AvgIpc) is 3.20. The quantitative estimate of drug-likeness (QED) is 0.318. The van der Waals surface area contributed by atoms with Crippen LogP contribution in [0.25, 0.3) is 0 Å². The molecular formula is C25H23Cl2FN2O2S. The van der Waals surface area contributed by atoms with Crippen LogP contribution >= 0.6 is 34.5 Å². The Hall–Kier alpha value is -2.67. The molecule has 2 amide bonds. The number of aryl methyl sites for hydroxylation is 1. The number of rotatable bonds is 9. The maximum absolute atomic E-state index is 13.4. The van der Waals surface area contributed by atoms with Gasteiger partial charge in [-0.2, -0.15) is 0 Å². The lowest BCUT2D eigenvalue weighted by atomic mass is 10.1. The van der Waals surface area contributed by atoms with Crippen LogP contribution in [0.3, 0.4) is 0 Å². The van der Waals surface area contributed by atoms with Crippen molar-refractivity contribution < 1.29 is 14.0 Å². The number of benzene rings is 2. The standard InChI is InChI=1S/C25H23Cl2FN2O2S/c1-3-11-29(25(32)19-6-9-21(26)22(27)13-19)16-24(31)30(15-23-17(2)10-12-33-23)14-18-4-7-20(28)8-5-18/h3-10,12-13H,1,11,14-16H2,2H3. The van der Waals surface area contributed by atoms with E-state index < -0.39 is 0 Å². The highest BCUT2D eigenvalue weighted by Gasteiger charge is 2.23. The van der Waals surface area contributed by atoms with Crippen LogP contribution in [0.1, 0.15) is 26.4 Å². The second-order valence-corrected chi connectivity index (χ2v) is 9.32. The highest BCUT2D eigenvalue weighted by atomic mass is 35.5. The van der Waals surface area contributed by atoms with Crippen LogP contribution in [0.4, 0.5) is 4.39 Å². The Morgan fingerprint density at radius 1 is 1.03 bits per heavy atom. The van der Waals surface area contributed by atoms with Gasteiger partial charge in [-0.3, -0.25) is 9.59 Å². The number of halogens is 3. The van der Waals surface area contributed by atoms with Crippen molar-refractivity contribution in [3.8, 4) is 0 Å². The van der Waals surface area contributed by atoms with Crippen LogP contribution in [0.5, 0.6) is 0 Å². The summed E-state index contributed by atoms with van der Waals surface area (Å²) in [6.07, 6.45) is 1.57. The van der Waals surface area contributed by atoms with Crippen molar-refractivity contribution in [3.63, 3.8) is 0 Å². The van der Waals surface area contributed by atoms with E-state index in [4.69, 9.17) is 23.2 Å². The SMILES string of the molecule is C=CCN(CC(=O)N(Cc1ccc(F)cc1)Cc1sccc1C)C(=O)c1ccc(Cl)c(Cl)c1. The molecule has 1 heterocycles. The minimum Gasteiger partial charge on any atom is -0.332 e. The van der Waals surface area contributed by atoms with Crippen molar-refractivity contribution in [2.75, 3.05) is 13.1 Å². The first kappa shape index (κ1) is 25.0. The smallest absolute Gasteiger partial charge is 0.254 e. The van der Waals surface area contributed by atoms with Crippen LogP contribution in [-0.2, 0) is 17.9 Å². The molecule has 33 heavy (non-hydrogen) atoms. The van der Waals surface area contributed by atoms with E-state index in [0.29, 0.717) is 23.7 Å². The Morgan fingerprint density at radius 3 is 2.36 bits per heavy atom. The highest BCUT2D eigenvalue weighted by molar-refractivity contribution is 7.10. The summed E-state index contributed by atoms with van der Waals surface area (Å²) in [7, 11) is 0. The number of amides is 2. The number of hydrogen-bond donors (Lipinski definition) is 0. The Balaban J connectivity index is 1.83. The van der Waals surface area contributed by atoms with Crippen LogP contribution in [0, 0.1) is 12.7 Å². The molecule has 3 aromatic rings. The lowest BCUT2D eigenvalue weighted by molar-refractivity contribution is -0.133. The highest BCUT2D eigenvalue weighted by Crippen LogP contribution is 2.24. The van der Waals surface area contributed by atoms with E-state index in [0.717, 1.165) is 16.0 Å². The lowest BCUT2D eigenvalue weighted by Crippen LogP contribution is -2.42. The van der Waals surface area contributed by atoms with Gasteiger partial charge in [-0.15, -0.1) is 17.9 Å². The van der Waals surface area contributed by atoms with Crippen molar-refractivity contribution >= 4 is 46.4 Å². The molecule has 0 radical (unpaired) electrons. The molecule has 2 aromatic carbocycles. The predicted octanol–water partition coefficient (Wildman–Crippen LogP) is 6.36. The van der Waals surface area contributed by atoms with Gasteiger partial charge in [-0.1, -0.05) is 41.4 Å². The first-order chi connectivity index (χ1) is 15.8. The predicted molar refractivity (Wildman–Crippen MR) is 132 cm³/mol. The fourth-order valence-electron chi connectivity index (χ4n) is 3.23. The molecule has 172 valence electrons.